The number of aromatic hydroxyl groups is 1. The number of carbonyl (C=O) groups is 1. The Kier molecular flexibility index (Phi) is 4.72. The fourth-order valence-corrected chi connectivity index (χ4v) is 4.91. The lowest BCUT2D eigenvalue weighted by Crippen LogP contribution is -2.49. The number of amides is 1. The van der Waals surface area contributed by atoms with Gasteiger partial charge in [-0.05, 0) is 29.8 Å². The van der Waals surface area contributed by atoms with Crippen LogP contribution in [-0.2, 0) is 0 Å². The molecule has 1 atom stereocenters. The average molecular weight is 427 g/mol. The van der Waals surface area contributed by atoms with Gasteiger partial charge in [0.25, 0.3) is 5.91 Å². The van der Waals surface area contributed by atoms with Crippen LogP contribution in [0, 0.1) is 5.82 Å². The summed E-state index contributed by atoms with van der Waals surface area (Å²) in [6.45, 7) is 2.10. The van der Waals surface area contributed by atoms with E-state index in [9.17, 15) is 14.3 Å². The molecule has 10 heteroatoms. The summed E-state index contributed by atoms with van der Waals surface area (Å²) in [6.07, 6.45) is 2.86. The molecule has 154 valence electrons. The van der Waals surface area contributed by atoms with Gasteiger partial charge in [-0.1, -0.05) is 23.5 Å². The molecule has 8 nitrogen and oxygen atoms in total. The standard InChI is InChI=1S/C20H18FN5O3S/c21-14-4-1-3-13(11-14)16(17-19(28)26-20(30-17)22-12-23-26)24-6-8-25(9-7-24)18(27)15-5-2-10-29-15/h1-5,10-12,16,28H,6-9H2. The third-order valence-electron chi connectivity index (χ3n) is 5.25. The molecule has 4 aromatic rings. The topological polar surface area (TPSA) is 87.1 Å². The number of fused-ring (bicyclic) bond motifs is 1. The van der Waals surface area contributed by atoms with Gasteiger partial charge >= 0.3 is 0 Å². The van der Waals surface area contributed by atoms with E-state index in [1.807, 2.05) is 6.07 Å². The predicted molar refractivity (Wildman–Crippen MR) is 107 cm³/mol. The second-order valence-corrected chi connectivity index (χ2v) is 8.02. The molecule has 0 bridgehead atoms. The zero-order valence-corrected chi connectivity index (χ0v) is 16.6. The molecule has 0 radical (unpaired) electrons. The maximum Gasteiger partial charge on any atom is 0.289 e. The van der Waals surface area contributed by atoms with Crippen molar-refractivity contribution in [2.75, 3.05) is 26.2 Å². The zero-order valence-electron chi connectivity index (χ0n) is 15.8. The fourth-order valence-electron chi connectivity index (χ4n) is 3.82. The molecule has 1 fully saturated rings. The second-order valence-electron chi connectivity index (χ2n) is 7.01. The fraction of sp³-hybridized carbons (Fsp3) is 0.250. The van der Waals surface area contributed by atoms with Crippen molar-refractivity contribution in [1.82, 2.24) is 24.4 Å². The quantitative estimate of drug-likeness (QED) is 0.539. The number of nitrogens with zero attached hydrogens (tertiary/aromatic N) is 5. The molecule has 30 heavy (non-hydrogen) atoms. The van der Waals surface area contributed by atoms with Crippen molar-refractivity contribution in [3.63, 3.8) is 0 Å². The van der Waals surface area contributed by atoms with Gasteiger partial charge in [0, 0.05) is 26.2 Å². The van der Waals surface area contributed by atoms with E-state index >= 15 is 0 Å². The maximum atomic E-state index is 14.0. The molecule has 1 saturated heterocycles. The lowest BCUT2D eigenvalue weighted by molar-refractivity contribution is 0.0567. The number of furan rings is 1. The minimum absolute atomic E-state index is 0.00384. The Morgan fingerprint density at radius 3 is 2.73 bits per heavy atom. The molecule has 0 spiro atoms. The van der Waals surface area contributed by atoms with Crippen molar-refractivity contribution < 1.29 is 18.7 Å². The van der Waals surface area contributed by atoms with Gasteiger partial charge in [-0.3, -0.25) is 9.69 Å². The summed E-state index contributed by atoms with van der Waals surface area (Å²) in [7, 11) is 0. The Morgan fingerprint density at radius 1 is 1.20 bits per heavy atom. The molecule has 1 amide bonds. The van der Waals surface area contributed by atoms with Crippen LogP contribution >= 0.6 is 11.3 Å². The van der Waals surface area contributed by atoms with Crippen molar-refractivity contribution in [1.29, 1.82) is 0 Å². The van der Waals surface area contributed by atoms with E-state index < -0.39 is 0 Å². The number of aromatic nitrogens is 3. The van der Waals surface area contributed by atoms with Crippen LogP contribution in [0.25, 0.3) is 4.96 Å². The van der Waals surface area contributed by atoms with Crippen molar-refractivity contribution in [3.05, 3.63) is 71.0 Å². The molecule has 1 aliphatic rings. The van der Waals surface area contributed by atoms with E-state index in [0.29, 0.717) is 41.8 Å². The first-order valence-corrected chi connectivity index (χ1v) is 10.3. The number of piperazine rings is 1. The summed E-state index contributed by atoms with van der Waals surface area (Å²) in [5.41, 5.74) is 0.723. The van der Waals surface area contributed by atoms with Gasteiger partial charge in [-0.15, -0.1) is 0 Å². The van der Waals surface area contributed by atoms with Crippen LogP contribution in [0.1, 0.15) is 27.0 Å². The molecule has 1 aromatic carbocycles. The maximum absolute atomic E-state index is 14.0. The third-order valence-corrected chi connectivity index (χ3v) is 6.34. The van der Waals surface area contributed by atoms with E-state index in [1.54, 1.807) is 23.1 Å². The molecular weight excluding hydrogens is 409 g/mol. The average Bonchev–Trinajstić information content (AvgIpc) is 3.49. The van der Waals surface area contributed by atoms with Crippen molar-refractivity contribution in [2.45, 2.75) is 6.04 Å². The number of hydrogen-bond acceptors (Lipinski definition) is 7. The van der Waals surface area contributed by atoms with Crippen molar-refractivity contribution in [3.8, 4) is 5.88 Å². The van der Waals surface area contributed by atoms with E-state index in [1.165, 1.54) is 40.6 Å². The smallest absolute Gasteiger partial charge is 0.289 e. The number of carbonyl (C=O) groups excluding carboxylic acids is 1. The number of rotatable bonds is 4. The first-order valence-electron chi connectivity index (χ1n) is 9.45. The van der Waals surface area contributed by atoms with Gasteiger partial charge in [0.15, 0.2) is 5.76 Å². The Bertz CT molecular complexity index is 1180. The highest BCUT2D eigenvalue weighted by molar-refractivity contribution is 7.17. The van der Waals surface area contributed by atoms with Crippen LogP contribution < -0.4 is 0 Å². The molecule has 4 heterocycles. The minimum Gasteiger partial charge on any atom is -0.492 e. The van der Waals surface area contributed by atoms with Gasteiger partial charge in [0.2, 0.25) is 10.8 Å². The second kappa shape index (κ2) is 7.54. The number of benzene rings is 1. The lowest BCUT2D eigenvalue weighted by Gasteiger charge is -2.38. The third kappa shape index (κ3) is 3.23. The molecular formula is C20H18FN5O3S. The lowest BCUT2D eigenvalue weighted by atomic mass is 10.0. The summed E-state index contributed by atoms with van der Waals surface area (Å²) in [5.74, 6) is -0.184. The zero-order chi connectivity index (χ0) is 20.7. The molecule has 0 saturated carbocycles. The predicted octanol–water partition coefficient (Wildman–Crippen LogP) is 2.78. The summed E-state index contributed by atoms with van der Waals surface area (Å²) in [6, 6.07) is 9.31. The molecule has 1 N–H and O–H groups in total. The number of thiazole rings is 1. The minimum atomic E-state index is -0.380. The molecule has 0 aliphatic carbocycles. The Balaban J connectivity index is 1.45. The van der Waals surface area contributed by atoms with E-state index in [2.05, 4.69) is 15.0 Å². The van der Waals surface area contributed by atoms with Crippen LogP contribution in [0.15, 0.2) is 53.4 Å². The molecule has 3 aromatic heterocycles. The SMILES string of the molecule is O=C(c1ccco1)N1CCN(C(c2cccc(F)c2)c2sc3ncnn3c2O)CC1. The number of hydrogen-bond donors (Lipinski definition) is 1. The van der Waals surface area contributed by atoms with E-state index in [4.69, 9.17) is 4.42 Å². The van der Waals surface area contributed by atoms with Gasteiger partial charge in [0.05, 0.1) is 17.2 Å². The normalized spacial score (nSPS) is 16.2. The Hall–Kier alpha value is -3.24. The van der Waals surface area contributed by atoms with Gasteiger partial charge in [0.1, 0.15) is 12.1 Å². The highest BCUT2D eigenvalue weighted by Crippen LogP contribution is 2.40. The monoisotopic (exact) mass is 427 g/mol. The van der Waals surface area contributed by atoms with Crippen LogP contribution in [0.2, 0.25) is 0 Å². The number of halogens is 1. The largest absolute Gasteiger partial charge is 0.492 e. The Labute approximate surface area is 174 Å². The molecule has 1 unspecified atom stereocenters. The summed E-state index contributed by atoms with van der Waals surface area (Å²) < 4.78 is 20.6. The summed E-state index contributed by atoms with van der Waals surface area (Å²) in [5, 5.41) is 14.8. The van der Waals surface area contributed by atoms with E-state index in [-0.39, 0.29) is 23.6 Å². The first-order chi connectivity index (χ1) is 14.6. The molecule has 5 rings (SSSR count). The van der Waals surface area contributed by atoms with Gasteiger partial charge < -0.3 is 14.4 Å². The Morgan fingerprint density at radius 2 is 2.03 bits per heavy atom. The van der Waals surface area contributed by atoms with Gasteiger partial charge in [-0.2, -0.15) is 9.61 Å². The highest BCUT2D eigenvalue weighted by Gasteiger charge is 2.33. The first kappa shape index (κ1) is 18.8. The molecule has 1 aliphatic heterocycles. The summed E-state index contributed by atoms with van der Waals surface area (Å²) in [4.78, 5) is 21.8. The van der Waals surface area contributed by atoms with Crippen LogP contribution in [0.3, 0.4) is 0 Å². The summed E-state index contributed by atoms with van der Waals surface area (Å²) >= 11 is 1.32. The highest BCUT2D eigenvalue weighted by atomic mass is 32.1. The van der Waals surface area contributed by atoms with Crippen LogP contribution in [0.5, 0.6) is 5.88 Å². The van der Waals surface area contributed by atoms with Crippen molar-refractivity contribution >= 4 is 22.2 Å². The van der Waals surface area contributed by atoms with Crippen LogP contribution in [-0.4, -0.2) is 61.6 Å². The van der Waals surface area contributed by atoms with E-state index in [0.717, 1.165) is 5.56 Å². The van der Waals surface area contributed by atoms with Crippen molar-refractivity contribution in [2.24, 2.45) is 0 Å². The van der Waals surface area contributed by atoms with Gasteiger partial charge in [-0.25, -0.2) is 9.37 Å². The van der Waals surface area contributed by atoms with Crippen LogP contribution in [0.4, 0.5) is 4.39 Å².